The minimum atomic E-state index is 0.733. The number of hydrogen-bond donors (Lipinski definition) is 0. The zero-order valence-electron chi connectivity index (χ0n) is 11.9. The van der Waals surface area contributed by atoms with Crippen molar-refractivity contribution in [3.63, 3.8) is 0 Å². The lowest BCUT2D eigenvalue weighted by molar-refractivity contribution is -0.0336. The van der Waals surface area contributed by atoms with Gasteiger partial charge in [-0.2, -0.15) is 0 Å². The van der Waals surface area contributed by atoms with Gasteiger partial charge >= 0.3 is 0 Å². The highest BCUT2D eigenvalue weighted by Crippen LogP contribution is 2.58. The van der Waals surface area contributed by atoms with Gasteiger partial charge in [0, 0.05) is 5.92 Å². The molecule has 0 amide bonds. The second-order valence-corrected chi connectivity index (χ2v) is 7.48. The van der Waals surface area contributed by atoms with Crippen LogP contribution in [0.5, 0.6) is 5.75 Å². The normalized spacial score (nSPS) is 41.0. The zero-order chi connectivity index (χ0) is 13.1. The summed E-state index contributed by atoms with van der Waals surface area (Å²) < 4.78 is 6.32. The summed E-state index contributed by atoms with van der Waals surface area (Å²) in [5, 5.41) is 0. The summed E-state index contributed by atoms with van der Waals surface area (Å²) in [7, 11) is 0. The standard InChI is InChI=1S/C19H22O/c1-2-4-17-14(3-1)5-6-18(20-17)19-15-8-12-7-13(10-15)11-16(19)9-12/h1-4,6,12-13,15-16,19H,5,7-11H2. The van der Waals surface area contributed by atoms with Crippen LogP contribution >= 0.6 is 0 Å². The lowest BCUT2D eigenvalue weighted by Crippen LogP contribution is -2.46. The molecule has 104 valence electrons. The zero-order valence-corrected chi connectivity index (χ0v) is 11.9. The molecule has 1 aliphatic heterocycles. The van der Waals surface area contributed by atoms with Crippen molar-refractivity contribution in [2.24, 2.45) is 29.6 Å². The number of allylic oxidation sites excluding steroid dienone is 2. The molecule has 4 fully saturated rings. The predicted octanol–water partition coefficient (Wildman–Crippen LogP) is 4.58. The Morgan fingerprint density at radius 2 is 1.55 bits per heavy atom. The molecule has 20 heavy (non-hydrogen) atoms. The number of para-hydroxylation sites is 1. The van der Waals surface area contributed by atoms with E-state index in [0.29, 0.717) is 0 Å². The monoisotopic (exact) mass is 266 g/mol. The van der Waals surface area contributed by atoms with Crippen LogP contribution in [-0.2, 0) is 6.42 Å². The quantitative estimate of drug-likeness (QED) is 0.723. The van der Waals surface area contributed by atoms with Gasteiger partial charge in [-0.3, -0.25) is 0 Å². The topological polar surface area (TPSA) is 9.23 Å². The molecule has 4 saturated carbocycles. The van der Waals surface area contributed by atoms with Crippen molar-refractivity contribution < 1.29 is 4.74 Å². The SMILES string of the molecule is C1=C(C2C3CC4CC(C3)CC2C4)Oc2ccccc2C1. The van der Waals surface area contributed by atoms with Crippen LogP contribution in [0.4, 0.5) is 0 Å². The van der Waals surface area contributed by atoms with Crippen LogP contribution in [-0.4, -0.2) is 0 Å². The minimum absolute atomic E-state index is 0.733. The van der Waals surface area contributed by atoms with Crippen molar-refractivity contribution in [2.75, 3.05) is 0 Å². The summed E-state index contributed by atoms with van der Waals surface area (Å²) in [4.78, 5) is 0. The fraction of sp³-hybridized carbons (Fsp3) is 0.579. The molecule has 0 atom stereocenters. The average molecular weight is 266 g/mol. The second-order valence-electron chi connectivity index (χ2n) is 7.48. The summed E-state index contributed by atoms with van der Waals surface area (Å²) >= 11 is 0. The summed E-state index contributed by atoms with van der Waals surface area (Å²) in [6, 6.07) is 8.54. The van der Waals surface area contributed by atoms with Crippen molar-refractivity contribution in [1.29, 1.82) is 0 Å². The van der Waals surface area contributed by atoms with Crippen molar-refractivity contribution in [2.45, 2.75) is 38.5 Å². The summed E-state index contributed by atoms with van der Waals surface area (Å²) in [5.41, 5.74) is 1.35. The molecule has 1 aromatic carbocycles. The molecule has 0 aromatic heterocycles. The first-order valence-electron chi connectivity index (χ1n) is 8.32. The molecule has 0 unspecified atom stereocenters. The van der Waals surface area contributed by atoms with E-state index in [2.05, 4.69) is 30.3 Å². The van der Waals surface area contributed by atoms with Gasteiger partial charge in [0.1, 0.15) is 11.5 Å². The molecule has 4 aliphatic carbocycles. The molecule has 6 rings (SSSR count). The van der Waals surface area contributed by atoms with E-state index in [-0.39, 0.29) is 0 Å². The van der Waals surface area contributed by atoms with Crippen LogP contribution in [0.15, 0.2) is 36.1 Å². The van der Waals surface area contributed by atoms with Crippen molar-refractivity contribution in [3.8, 4) is 5.75 Å². The molecule has 0 saturated heterocycles. The van der Waals surface area contributed by atoms with Gasteiger partial charge in [-0.05, 0) is 79.9 Å². The maximum atomic E-state index is 6.32. The third-order valence-electron chi connectivity index (χ3n) is 6.28. The minimum Gasteiger partial charge on any atom is -0.461 e. The van der Waals surface area contributed by atoms with E-state index in [1.54, 1.807) is 0 Å². The van der Waals surface area contributed by atoms with Crippen LogP contribution in [0.3, 0.4) is 0 Å². The first-order valence-corrected chi connectivity index (χ1v) is 8.32. The van der Waals surface area contributed by atoms with Crippen LogP contribution in [0.25, 0.3) is 0 Å². The molecule has 1 nitrogen and oxygen atoms in total. The number of fused-ring (bicyclic) bond motifs is 1. The molecular formula is C19H22O. The van der Waals surface area contributed by atoms with Gasteiger partial charge in [-0.1, -0.05) is 18.2 Å². The Kier molecular flexibility index (Phi) is 2.36. The van der Waals surface area contributed by atoms with Crippen molar-refractivity contribution >= 4 is 0 Å². The number of rotatable bonds is 1. The molecular weight excluding hydrogens is 244 g/mol. The van der Waals surface area contributed by atoms with Gasteiger partial charge < -0.3 is 4.74 Å². The fourth-order valence-electron chi connectivity index (χ4n) is 5.75. The van der Waals surface area contributed by atoms with Gasteiger partial charge in [0.25, 0.3) is 0 Å². The maximum Gasteiger partial charge on any atom is 0.130 e. The first kappa shape index (κ1) is 11.4. The Bertz CT molecular complexity index is 543. The highest BCUT2D eigenvalue weighted by atomic mass is 16.5. The number of benzene rings is 1. The molecule has 1 aromatic rings. The van der Waals surface area contributed by atoms with E-state index in [9.17, 15) is 0 Å². The Labute approximate surface area is 121 Å². The Morgan fingerprint density at radius 3 is 2.30 bits per heavy atom. The van der Waals surface area contributed by atoms with E-state index in [4.69, 9.17) is 4.74 Å². The lowest BCUT2D eigenvalue weighted by Gasteiger charge is -2.54. The van der Waals surface area contributed by atoms with E-state index in [1.807, 2.05) is 0 Å². The van der Waals surface area contributed by atoms with Crippen LogP contribution in [0, 0.1) is 29.6 Å². The fourth-order valence-corrected chi connectivity index (χ4v) is 5.75. The van der Waals surface area contributed by atoms with Crippen LogP contribution in [0.2, 0.25) is 0 Å². The molecule has 1 heterocycles. The van der Waals surface area contributed by atoms with E-state index < -0.39 is 0 Å². The van der Waals surface area contributed by atoms with Crippen molar-refractivity contribution in [1.82, 2.24) is 0 Å². The van der Waals surface area contributed by atoms with Crippen LogP contribution < -0.4 is 4.74 Å². The van der Waals surface area contributed by atoms with Crippen LogP contribution in [0.1, 0.15) is 37.7 Å². The molecule has 0 spiro atoms. The maximum absolute atomic E-state index is 6.32. The lowest BCUT2D eigenvalue weighted by atomic mass is 9.51. The van der Waals surface area contributed by atoms with Gasteiger partial charge in [-0.15, -0.1) is 0 Å². The molecule has 0 N–H and O–H groups in total. The van der Waals surface area contributed by atoms with Gasteiger partial charge in [0.15, 0.2) is 0 Å². The highest BCUT2D eigenvalue weighted by Gasteiger charge is 2.50. The highest BCUT2D eigenvalue weighted by molar-refractivity contribution is 5.39. The number of hydrogen-bond acceptors (Lipinski definition) is 1. The Morgan fingerprint density at radius 1 is 0.850 bits per heavy atom. The Balaban J connectivity index is 1.46. The van der Waals surface area contributed by atoms with E-state index >= 15 is 0 Å². The van der Waals surface area contributed by atoms with Gasteiger partial charge in [-0.25, -0.2) is 0 Å². The molecule has 1 heteroatoms. The van der Waals surface area contributed by atoms with Crippen molar-refractivity contribution in [3.05, 3.63) is 41.7 Å². The summed E-state index contributed by atoms with van der Waals surface area (Å²) in [5.74, 6) is 7.09. The third kappa shape index (κ3) is 1.62. The predicted molar refractivity (Wildman–Crippen MR) is 79.4 cm³/mol. The molecule has 5 aliphatic rings. The average Bonchev–Trinajstić information content (AvgIpc) is 2.46. The summed E-state index contributed by atoms with van der Waals surface area (Å²) in [6.07, 6.45) is 10.9. The molecule has 4 bridgehead atoms. The third-order valence-corrected chi connectivity index (χ3v) is 6.28. The first-order chi connectivity index (χ1) is 9.87. The van der Waals surface area contributed by atoms with E-state index in [1.165, 1.54) is 43.4 Å². The second kappa shape index (κ2) is 4.13. The molecule has 0 radical (unpaired) electrons. The van der Waals surface area contributed by atoms with Gasteiger partial charge in [0.2, 0.25) is 0 Å². The smallest absolute Gasteiger partial charge is 0.130 e. The summed E-state index contributed by atoms with van der Waals surface area (Å²) in [6.45, 7) is 0. The van der Waals surface area contributed by atoms with Gasteiger partial charge in [0.05, 0.1) is 0 Å². The largest absolute Gasteiger partial charge is 0.461 e. The number of ether oxygens (including phenoxy) is 1. The van der Waals surface area contributed by atoms with E-state index in [0.717, 1.165) is 41.8 Å². The Hall–Kier alpha value is -1.24.